The van der Waals surface area contributed by atoms with Crippen LogP contribution in [0.2, 0.25) is 0 Å². The van der Waals surface area contributed by atoms with Crippen molar-refractivity contribution in [3.63, 3.8) is 0 Å². The summed E-state index contributed by atoms with van der Waals surface area (Å²) in [6.07, 6.45) is 0. The second kappa shape index (κ2) is 10.1. The van der Waals surface area contributed by atoms with E-state index in [1.807, 2.05) is 74.5 Å². The topological polar surface area (TPSA) is 94.3 Å². The maximum Gasteiger partial charge on any atom is 0.275 e. The second-order valence-corrected chi connectivity index (χ2v) is 10.9. The summed E-state index contributed by atoms with van der Waals surface area (Å²) in [7, 11) is 3.59. The van der Waals surface area contributed by atoms with Crippen molar-refractivity contribution in [3.05, 3.63) is 124 Å². The molecular formula is C29H26Br2N4O4. The van der Waals surface area contributed by atoms with Crippen molar-refractivity contribution in [1.29, 1.82) is 0 Å². The predicted molar refractivity (Wildman–Crippen MR) is 158 cm³/mol. The van der Waals surface area contributed by atoms with Crippen molar-refractivity contribution < 1.29 is 10.2 Å². The van der Waals surface area contributed by atoms with Gasteiger partial charge in [0.05, 0.1) is 27.0 Å². The van der Waals surface area contributed by atoms with Gasteiger partial charge in [-0.2, -0.15) is 0 Å². The molecule has 2 aromatic heterocycles. The van der Waals surface area contributed by atoms with Gasteiger partial charge in [0.1, 0.15) is 0 Å². The van der Waals surface area contributed by atoms with E-state index in [4.69, 9.17) is 0 Å². The standard InChI is InChI=1S/C29H26Br2N4O4/c1-16-22(28(38)34(32(16)3)18-11-7-5-8-12-18)24(20-15-21(36)27(37)26(31)25(20)30)23-17(2)33(4)35(29(23)39)19-13-9-6-10-14-19/h5-15,24,36-37H,1-4H3. The average molecular weight is 654 g/mol. The molecule has 10 heteroatoms. The van der Waals surface area contributed by atoms with E-state index in [1.54, 1.807) is 32.8 Å². The molecule has 0 atom stereocenters. The van der Waals surface area contributed by atoms with Gasteiger partial charge in [-0.15, -0.1) is 0 Å². The number of phenolic OH excluding ortho intramolecular Hbond substituents is 2. The number of hydrogen-bond donors (Lipinski definition) is 2. The van der Waals surface area contributed by atoms with Gasteiger partial charge in [-0.1, -0.05) is 36.4 Å². The largest absolute Gasteiger partial charge is 0.504 e. The van der Waals surface area contributed by atoms with Crippen molar-refractivity contribution in [3.8, 4) is 22.9 Å². The Morgan fingerprint density at radius 2 is 1.10 bits per heavy atom. The Morgan fingerprint density at radius 3 is 1.51 bits per heavy atom. The summed E-state index contributed by atoms with van der Waals surface area (Å²) in [5, 5.41) is 21.0. The molecular weight excluding hydrogens is 628 g/mol. The fraction of sp³-hybridized carbons (Fsp3) is 0.172. The third-order valence-electron chi connectivity index (χ3n) is 7.27. The number of para-hydroxylation sites is 2. The SMILES string of the molecule is Cc1c(C(c2cc(O)c(O)c(Br)c2Br)c2c(C)n(C)n(-c3ccccc3)c2=O)c(=O)n(-c2ccccc2)n1C. The van der Waals surface area contributed by atoms with Crippen LogP contribution in [-0.2, 0) is 14.1 Å². The van der Waals surface area contributed by atoms with Crippen LogP contribution in [0.1, 0.15) is 34.0 Å². The Bertz CT molecular complexity index is 1730. The molecule has 0 unspecified atom stereocenters. The lowest BCUT2D eigenvalue weighted by molar-refractivity contribution is 0.400. The first-order valence-corrected chi connectivity index (χ1v) is 13.7. The maximum absolute atomic E-state index is 14.2. The lowest BCUT2D eigenvalue weighted by atomic mass is 9.85. The van der Waals surface area contributed by atoms with Crippen molar-refractivity contribution in [1.82, 2.24) is 18.7 Å². The lowest BCUT2D eigenvalue weighted by Gasteiger charge is -2.20. The number of halogens is 2. The zero-order valence-corrected chi connectivity index (χ0v) is 24.9. The lowest BCUT2D eigenvalue weighted by Crippen LogP contribution is -2.26. The van der Waals surface area contributed by atoms with Crippen molar-refractivity contribution in [2.45, 2.75) is 19.8 Å². The van der Waals surface area contributed by atoms with Crippen molar-refractivity contribution in [2.75, 3.05) is 0 Å². The third kappa shape index (κ3) is 4.18. The molecule has 39 heavy (non-hydrogen) atoms. The van der Waals surface area contributed by atoms with Gasteiger partial charge in [0.15, 0.2) is 11.5 Å². The Kier molecular flexibility index (Phi) is 6.94. The molecule has 2 heterocycles. The van der Waals surface area contributed by atoms with Gasteiger partial charge < -0.3 is 10.2 Å². The molecule has 2 N–H and O–H groups in total. The fourth-order valence-corrected chi connectivity index (χ4v) is 6.09. The van der Waals surface area contributed by atoms with E-state index in [2.05, 4.69) is 31.9 Å². The van der Waals surface area contributed by atoms with E-state index in [0.29, 0.717) is 43.9 Å². The summed E-state index contributed by atoms with van der Waals surface area (Å²) in [6, 6.07) is 19.9. The molecule has 0 amide bonds. The molecule has 200 valence electrons. The summed E-state index contributed by atoms with van der Waals surface area (Å²) in [5.41, 5.74) is 3.28. The summed E-state index contributed by atoms with van der Waals surface area (Å²) in [6.45, 7) is 3.67. The van der Waals surface area contributed by atoms with Crippen LogP contribution in [0.3, 0.4) is 0 Å². The highest BCUT2D eigenvalue weighted by atomic mass is 79.9. The third-order valence-corrected chi connectivity index (χ3v) is 9.43. The Hall–Kier alpha value is -3.76. The second-order valence-electron chi connectivity index (χ2n) is 9.34. The van der Waals surface area contributed by atoms with E-state index < -0.39 is 5.92 Å². The van der Waals surface area contributed by atoms with Crippen molar-refractivity contribution >= 4 is 31.9 Å². The maximum atomic E-state index is 14.2. The summed E-state index contributed by atoms with van der Waals surface area (Å²) < 4.78 is 7.29. The molecule has 0 radical (unpaired) electrons. The first kappa shape index (κ1) is 26.8. The summed E-state index contributed by atoms with van der Waals surface area (Å²) >= 11 is 6.90. The Labute approximate surface area is 241 Å². The summed E-state index contributed by atoms with van der Waals surface area (Å²) in [5.74, 6) is -1.60. The van der Waals surface area contributed by atoms with Gasteiger partial charge in [-0.25, -0.2) is 9.36 Å². The molecule has 0 saturated carbocycles. The number of aromatic nitrogens is 4. The smallest absolute Gasteiger partial charge is 0.275 e. The van der Waals surface area contributed by atoms with Crippen LogP contribution in [0, 0.1) is 13.8 Å². The molecule has 3 aromatic carbocycles. The highest BCUT2D eigenvalue weighted by molar-refractivity contribution is 9.13. The van der Waals surface area contributed by atoms with Crippen LogP contribution in [0.4, 0.5) is 0 Å². The molecule has 5 rings (SSSR count). The molecule has 8 nitrogen and oxygen atoms in total. The van der Waals surface area contributed by atoms with Crippen LogP contribution in [0.5, 0.6) is 11.5 Å². The molecule has 5 aromatic rings. The van der Waals surface area contributed by atoms with E-state index in [9.17, 15) is 19.8 Å². The molecule has 0 aliphatic rings. The zero-order chi connectivity index (χ0) is 28.2. The predicted octanol–water partition coefficient (Wildman–Crippen LogP) is 5.40. The van der Waals surface area contributed by atoms with Gasteiger partial charge in [0.25, 0.3) is 11.1 Å². The minimum Gasteiger partial charge on any atom is -0.504 e. The number of aromatic hydroxyl groups is 2. The zero-order valence-electron chi connectivity index (χ0n) is 21.7. The van der Waals surface area contributed by atoms with Crippen LogP contribution in [-0.4, -0.2) is 28.9 Å². The number of benzene rings is 3. The first-order chi connectivity index (χ1) is 18.6. The van der Waals surface area contributed by atoms with Crippen LogP contribution >= 0.6 is 31.9 Å². The Balaban J connectivity index is 1.91. The van der Waals surface area contributed by atoms with Gasteiger partial charge >= 0.3 is 0 Å². The molecule has 0 bridgehead atoms. The Morgan fingerprint density at radius 1 is 0.692 bits per heavy atom. The van der Waals surface area contributed by atoms with Crippen molar-refractivity contribution in [2.24, 2.45) is 14.1 Å². The first-order valence-electron chi connectivity index (χ1n) is 12.1. The molecule has 0 saturated heterocycles. The molecule has 0 spiro atoms. The highest BCUT2D eigenvalue weighted by Gasteiger charge is 2.35. The number of phenols is 2. The van der Waals surface area contributed by atoms with Crippen LogP contribution in [0.15, 0.2) is 85.3 Å². The number of nitrogens with zero attached hydrogens (tertiary/aromatic N) is 4. The van der Waals surface area contributed by atoms with Gasteiger partial charge in [-0.3, -0.25) is 19.0 Å². The normalized spacial score (nSPS) is 11.5. The van der Waals surface area contributed by atoms with Crippen LogP contribution < -0.4 is 11.1 Å². The average Bonchev–Trinajstić information content (AvgIpc) is 3.29. The highest BCUT2D eigenvalue weighted by Crippen LogP contribution is 2.46. The van der Waals surface area contributed by atoms with E-state index in [1.165, 1.54) is 6.07 Å². The fourth-order valence-electron chi connectivity index (χ4n) is 5.13. The van der Waals surface area contributed by atoms with Gasteiger partial charge in [0, 0.05) is 35.9 Å². The van der Waals surface area contributed by atoms with E-state index in [0.717, 1.165) is 0 Å². The van der Waals surface area contributed by atoms with Crippen LogP contribution in [0.25, 0.3) is 11.4 Å². The van der Waals surface area contributed by atoms with Gasteiger partial charge in [-0.05, 0) is 81.6 Å². The number of hydrogen-bond acceptors (Lipinski definition) is 4. The molecule has 0 aliphatic heterocycles. The summed E-state index contributed by atoms with van der Waals surface area (Å²) in [4.78, 5) is 28.4. The number of rotatable bonds is 5. The molecule has 0 aliphatic carbocycles. The van der Waals surface area contributed by atoms with E-state index >= 15 is 0 Å². The monoisotopic (exact) mass is 652 g/mol. The quantitative estimate of drug-likeness (QED) is 0.249. The minimum absolute atomic E-state index is 0.219. The minimum atomic E-state index is -0.880. The molecule has 0 fully saturated rings. The van der Waals surface area contributed by atoms with E-state index in [-0.39, 0.29) is 27.1 Å². The van der Waals surface area contributed by atoms with Gasteiger partial charge in [0.2, 0.25) is 0 Å².